The molecule has 5 heteroatoms. The van der Waals surface area contributed by atoms with Gasteiger partial charge in [-0.2, -0.15) is 0 Å². The molecule has 1 atom stereocenters. The van der Waals surface area contributed by atoms with Gasteiger partial charge in [0.1, 0.15) is 11.6 Å². The topological polar surface area (TPSA) is 55.5 Å². The van der Waals surface area contributed by atoms with Crippen molar-refractivity contribution in [1.82, 2.24) is 0 Å². The van der Waals surface area contributed by atoms with E-state index in [1.54, 1.807) is 0 Å². The second kappa shape index (κ2) is 5.30. The largest absolute Gasteiger partial charge is 0.495 e. The molecule has 0 spiro atoms. The second-order valence-electron chi connectivity index (χ2n) is 3.19. The number of ether oxygens (including phenoxy) is 1. The molecule has 0 bridgehead atoms. The van der Waals surface area contributed by atoms with E-state index in [0.29, 0.717) is 5.75 Å². The minimum Gasteiger partial charge on any atom is -0.495 e. The number of methoxy groups -OCH3 is 1. The lowest BCUT2D eigenvalue weighted by Crippen LogP contribution is -2.27. The zero-order valence-electron chi connectivity index (χ0n) is 8.34. The molecule has 1 unspecified atom stereocenters. The van der Waals surface area contributed by atoms with E-state index in [0.717, 1.165) is 0 Å². The summed E-state index contributed by atoms with van der Waals surface area (Å²) in [5, 5.41) is 8.99. The van der Waals surface area contributed by atoms with Crippen LogP contribution in [0.5, 0.6) is 5.75 Å². The van der Waals surface area contributed by atoms with Gasteiger partial charge in [0.25, 0.3) is 0 Å². The molecule has 3 nitrogen and oxygen atoms in total. The third-order valence-electron chi connectivity index (χ3n) is 2.07. The van der Waals surface area contributed by atoms with Gasteiger partial charge in [-0.1, -0.05) is 11.6 Å². The molecule has 0 aliphatic heterocycles. The Bertz CT molecular complexity index is 346. The van der Waals surface area contributed by atoms with Gasteiger partial charge in [-0.25, -0.2) is 4.39 Å². The lowest BCUT2D eigenvalue weighted by molar-refractivity contribution is 0.264. The number of nitrogens with two attached hydrogens (primary N) is 1. The van der Waals surface area contributed by atoms with Gasteiger partial charge in [-0.15, -0.1) is 0 Å². The second-order valence-corrected chi connectivity index (χ2v) is 3.57. The quantitative estimate of drug-likeness (QED) is 0.826. The van der Waals surface area contributed by atoms with Crippen LogP contribution in [0.1, 0.15) is 5.56 Å². The maximum absolute atomic E-state index is 13.4. The number of aliphatic hydroxyl groups is 1. The number of halogens is 2. The lowest BCUT2D eigenvalue weighted by atomic mass is 10.1. The lowest BCUT2D eigenvalue weighted by Gasteiger charge is -2.12. The Morgan fingerprint density at radius 3 is 2.80 bits per heavy atom. The van der Waals surface area contributed by atoms with E-state index in [9.17, 15) is 4.39 Å². The van der Waals surface area contributed by atoms with Crippen molar-refractivity contribution in [2.45, 2.75) is 12.5 Å². The van der Waals surface area contributed by atoms with E-state index in [1.807, 2.05) is 0 Å². The predicted octanol–water partition coefficient (Wildman–Crippen LogP) is 1.35. The standard InChI is InChI=1S/C10H13ClFNO2/c1-15-9-3-2-8(12)7(10(9)11)4-6(13)5-14/h2-3,6,14H,4-5,13H2,1H3. The maximum Gasteiger partial charge on any atom is 0.137 e. The molecule has 15 heavy (non-hydrogen) atoms. The predicted molar refractivity (Wildman–Crippen MR) is 56.7 cm³/mol. The van der Waals surface area contributed by atoms with Crippen LogP contribution in [0, 0.1) is 5.82 Å². The van der Waals surface area contributed by atoms with Crippen LogP contribution in [-0.2, 0) is 6.42 Å². The fraction of sp³-hybridized carbons (Fsp3) is 0.400. The summed E-state index contributed by atoms with van der Waals surface area (Å²) in [4.78, 5) is 0. The Kier molecular flexibility index (Phi) is 4.32. The molecule has 0 saturated carbocycles. The molecule has 1 aromatic rings. The number of aliphatic hydroxyl groups excluding tert-OH is 1. The molecule has 0 aliphatic rings. The highest BCUT2D eigenvalue weighted by molar-refractivity contribution is 6.32. The first-order chi connectivity index (χ1) is 7.10. The summed E-state index contributed by atoms with van der Waals surface area (Å²) in [6, 6.07) is 2.19. The maximum atomic E-state index is 13.4. The Balaban J connectivity index is 3.04. The average molecular weight is 234 g/mol. The summed E-state index contributed by atoms with van der Waals surface area (Å²) in [6.45, 7) is -0.215. The van der Waals surface area contributed by atoms with Crippen LogP contribution in [0.15, 0.2) is 12.1 Å². The third kappa shape index (κ3) is 2.81. The molecule has 0 aromatic heterocycles. The van der Waals surface area contributed by atoms with Gasteiger partial charge in [0.2, 0.25) is 0 Å². The van der Waals surface area contributed by atoms with E-state index in [1.165, 1.54) is 19.2 Å². The summed E-state index contributed by atoms with van der Waals surface area (Å²) in [6.07, 6.45) is 0.179. The van der Waals surface area contributed by atoms with Crippen LogP contribution < -0.4 is 10.5 Å². The van der Waals surface area contributed by atoms with E-state index in [4.69, 9.17) is 27.2 Å². The summed E-state index contributed by atoms with van der Waals surface area (Å²) in [5.41, 5.74) is 5.79. The van der Waals surface area contributed by atoms with Gasteiger partial charge in [-0.05, 0) is 18.6 Å². The van der Waals surface area contributed by atoms with Crippen molar-refractivity contribution >= 4 is 11.6 Å². The van der Waals surface area contributed by atoms with Gasteiger partial charge < -0.3 is 15.6 Å². The van der Waals surface area contributed by atoms with E-state index in [-0.39, 0.29) is 23.6 Å². The molecule has 84 valence electrons. The fourth-order valence-corrected chi connectivity index (χ4v) is 1.56. The molecule has 0 aliphatic carbocycles. The summed E-state index contributed by atoms with van der Waals surface area (Å²) >= 11 is 5.91. The number of hydrogen-bond donors (Lipinski definition) is 2. The van der Waals surface area contributed by atoms with Gasteiger partial charge in [-0.3, -0.25) is 0 Å². The smallest absolute Gasteiger partial charge is 0.137 e. The Labute approximate surface area is 92.6 Å². The van der Waals surface area contributed by atoms with Crippen molar-refractivity contribution in [3.8, 4) is 5.75 Å². The zero-order chi connectivity index (χ0) is 11.4. The molecule has 1 aromatic carbocycles. The van der Waals surface area contributed by atoms with Crippen molar-refractivity contribution in [2.24, 2.45) is 5.73 Å². The SMILES string of the molecule is COc1ccc(F)c(CC(N)CO)c1Cl. The van der Waals surface area contributed by atoms with Crippen LogP contribution in [-0.4, -0.2) is 24.9 Å². The van der Waals surface area contributed by atoms with Crippen LogP contribution in [0.2, 0.25) is 5.02 Å². The highest BCUT2D eigenvalue weighted by Gasteiger charge is 2.14. The van der Waals surface area contributed by atoms with Crippen molar-refractivity contribution in [3.05, 3.63) is 28.5 Å². The van der Waals surface area contributed by atoms with E-state index < -0.39 is 11.9 Å². The van der Waals surface area contributed by atoms with Crippen molar-refractivity contribution in [2.75, 3.05) is 13.7 Å². The molecule has 0 radical (unpaired) electrons. The molecule has 3 N–H and O–H groups in total. The highest BCUT2D eigenvalue weighted by atomic mass is 35.5. The van der Waals surface area contributed by atoms with Crippen LogP contribution in [0.25, 0.3) is 0 Å². The van der Waals surface area contributed by atoms with Crippen LogP contribution >= 0.6 is 11.6 Å². The molecular formula is C10H13ClFNO2. The Morgan fingerprint density at radius 2 is 2.27 bits per heavy atom. The van der Waals surface area contributed by atoms with E-state index in [2.05, 4.69) is 0 Å². The van der Waals surface area contributed by atoms with Crippen LogP contribution in [0.4, 0.5) is 4.39 Å². The number of rotatable bonds is 4. The number of benzene rings is 1. The summed E-state index contributed by atoms with van der Waals surface area (Å²) in [5.74, 6) is -0.0390. The van der Waals surface area contributed by atoms with Gasteiger partial charge >= 0.3 is 0 Å². The monoisotopic (exact) mass is 233 g/mol. The molecule has 1 rings (SSSR count). The average Bonchev–Trinajstić information content (AvgIpc) is 2.24. The van der Waals surface area contributed by atoms with E-state index >= 15 is 0 Å². The molecule has 0 amide bonds. The normalized spacial score (nSPS) is 12.6. The van der Waals surface area contributed by atoms with Crippen molar-refractivity contribution in [1.29, 1.82) is 0 Å². The summed E-state index contributed by atoms with van der Waals surface area (Å²) in [7, 11) is 1.45. The molecule has 0 saturated heterocycles. The minimum atomic E-state index is -0.524. The van der Waals surface area contributed by atoms with Crippen molar-refractivity contribution < 1.29 is 14.2 Å². The highest BCUT2D eigenvalue weighted by Crippen LogP contribution is 2.30. The van der Waals surface area contributed by atoms with Crippen molar-refractivity contribution in [3.63, 3.8) is 0 Å². The van der Waals surface area contributed by atoms with Gasteiger partial charge in [0.15, 0.2) is 0 Å². The third-order valence-corrected chi connectivity index (χ3v) is 2.49. The Morgan fingerprint density at radius 1 is 1.60 bits per heavy atom. The first-order valence-electron chi connectivity index (χ1n) is 4.47. The fourth-order valence-electron chi connectivity index (χ4n) is 1.25. The minimum absolute atomic E-state index is 0.179. The molecular weight excluding hydrogens is 221 g/mol. The van der Waals surface area contributed by atoms with Gasteiger partial charge in [0, 0.05) is 11.6 Å². The first kappa shape index (κ1) is 12.2. The van der Waals surface area contributed by atoms with Gasteiger partial charge in [0.05, 0.1) is 18.7 Å². The summed E-state index contributed by atoms with van der Waals surface area (Å²) < 4.78 is 18.3. The first-order valence-corrected chi connectivity index (χ1v) is 4.85. The Hall–Kier alpha value is -0.840. The zero-order valence-corrected chi connectivity index (χ0v) is 9.09. The molecule has 0 heterocycles. The molecule has 0 fully saturated rings. The number of hydrogen-bond acceptors (Lipinski definition) is 3. The van der Waals surface area contributed by atoms with Crippen LogP contribution in [0.3, 0.4) is 0 Å².